The number of benzene rings is 2. The second kappa shape index (κ2) is 5.87. The number of rotatable bonds is 2. The Morgan fingerprint density at radius 1 is 0.824 bits per heavy atom. The average molecular weight is 486 g/mol. The molecule has 0 aliphatic heterocycles. The zero-order valence-electron chi connectivity index (χ0n) is 8.38. The smallest absolute Gasteiger partial charge is 0.156 e. The van der Waals surface area contributed by atoms with Crippen molar-refractivity contribution in [3.63, 3.8) is 0 Å². The van der Waals surface area contributed by atoms with E-state index in [0.29, 0.717) is 0 Å². The van der Waals surface area contributed by atoms with Crippen LogP contribution in [0.5, 0.6) is 11.5 Å². The summed E-state index contributed by atoms with van der Waals surface area (Å²) in [6, 6.07) is 11.6. The molecule has 17 heavy (non-hydrogen) atoms. The van der Waals surface area contributed by atoms with Crippen molar-refractivity contribution in [2.75, 3.05) is 0 Å². The van der Waals surface area contributed by atoms with Crippen LogP contribution in [0, 0.1) is 0 Å². The molecule has 2 rings (SSSR count). The van der Waals surface area contributed by atoms with Crippen LogP contribution in [0.1, 0.15) is 0 Å². The second-order valence-electron chi connectivity index (χ2n) is 3.23. The van der Waals surface area contributed by atoms with Gasteiger partial charge < -0.3 is 4.74 Å². The molecule has 88 valence electrons. The van der Waals surface area contributed by atoms with Crippen molar-refractivity contribution in [2.24, 2.45) is 0 Å². The van der Waals surface area contributed by atoms with Gasteiger partial charge in [-0.15, -0.1) is 0 Å². The van der Waals surface area contributed by atoms with E-state index in [1.54, 1.807) is 0 Å². The Morgan fingerprint density at radius 2 is 1.53 bits per heavy atom. The Kier molecular flexibility index (Phi) is 4.69. The lowest BCUT2D eigenvalue weighted by Gasteiger charge is -2.11. The summed E-state index contributed by atoms with van der Waals surface area (Å²) < 4.78 is 9.56. The van der Waals surface area contributed by atoms with Gasteiger partial charge >= 0.3 is 0 Å². The quantitative estimate of drug-likeness (QED) is 0.440. The molecule has 2 aromatic carbocycles. The first kappa shape index (κ1) is 13.6. The summed E-state index contributed by atoms with van der Waals surface area (Å²) in [5, 5.41) is 0. The minimum atomic E-state index is 0.748. The van der Waals surface area contributed by atoms with E-state index in [9.17, 15) is 0 Å². The van der Waals surface area contributed by atoms with Crippen molar-refractivity contribution < 1.29 is 4.74 Å². The summed E-state index contributed by atoms with van der Waals surface area (Å²) in [5.41, 5.74) is 0. The maximum absolute atomic E-state index is 5.85. The highest BCUT2D eigenvalue weighted by molar-refractivity contribution is 9.13. The summed E-state index contributed by atoms with van der Waals surface area (Å²) in [7, 11) is 0. The molecule has 0 saturated heterocycles. The van der Waals surface area contributed by atoms with Gasteiger partial charge in [-0.3, -0.25) is 0 Å². The van der Waals surface area contributed by atoms with Crippen LogP contribution in [0.2, 0.25) is 0 Å². The number of halogens is 4. The first-order chi connectivity index (χ1) is 8.08. The fourth-order valence-corrected chi connectivity index (χ4v) is 3.04. The fourth-order valence-electron chi connectivity index (χ4n) is 1.25. The zero-order valence-corrected chi connectivity index (χ0v) is 14.7. The standard InChI is InChI=1S/C12H6Br4O/c13-7-2-1-3-8(6-7)17-12-10(15)5-4-9(14)11(12)16/h1-6H. The van der Waals surface area contributed by atoms with Gasteiger partial charge in [-0.1, -0.05) is 22.0 Å². The Balaban J connectivity index is 2.39. The highest BCUT2D eigenvalue weighted by Crippen LogP contribution is 2.41. The van der Waals surface area contributed by atoms with Crippen LogP contribution < -0.4 is 4.74 Å². The Hall–Kier alpha value is 0.160. The first-order valence-electron chi connectivity index (χ1n) is 4.65. The normalized spacial score (nSPS) is 10.4. The largest absolute Gasteiger partial charge is 0.455 e. The van der Waals surface area contributed by atoms with Crippen molar-refractivity contribution >= 4 is 63.7 Å². The van der Waals surface area contributed by atoms with Crippen molar-refractivity contribution in [3.05, 3.63) is 54.3 Å². The van der Waals surface area contributed by atoms with Crippen LogP contribution in [-0.4, -0.2) is 0 Å². The monoisotopic (exact) mass is 482 g/mol. The number of hydrogen-bond donors (Lipinski definition) is 0. The molecular formula is C12H6Br4O. The molecule has 0 heterocycles. The lowest BCUT2D eigenvalue weighted by Crippen LogP contribution is -1.87. The Labute approximate surface area is 133 Å². The van der Waals surface area contributed by atoms with Crippen molar-refractivity contribution in [1.82, 2.24) is 0 Å². The van der Waals surface area contributed by atoms with Crippen LogP contribution in [0.15, 0.2) is 54.3 Å². The molecular weight excluding hydrogens is 480 g/mol. The third-order valence-corrected chi connectivity index (χ3v) is 5.12. The second-order valence-corrected chi connectivity index (χ2v) is 6.65. The predicted octanol–water partition coefficient (Wildman–Crippen LogP) is 6.53. The summed E-state index contributed by atoms with van der Waals surface area (Å²) in [5.74, 6) is 1.52. The number of ether oxygens (including phenoxy) is 1. The van der Waals surface area contributed by atoms with E-state index in [1.165, 1.54) is 0 Å². The summed E-state index contributed by atoms with van der Waals surface area (Å²) in [4.78, 5) is 0. The van der Waals surface area contributed by atoms with Gasteiger partial charge in [0.25, 0.3) is 0 Å². The van der Waals surface area contributed by atoms with Gasteiger partial charge in [0.05, 0.1) is 8.95 Å². The molecule has 0 amide bonds. The van der Waals surface area contributed by atoms with Gasteiger partial charge in [-0.25, -0.2) is 0 Å². The van der Waals surface area contributed by atoms with E-state index in [-0.39, 0.29) is 0 Å². The van der Waals surface area contributed by atoms with Crippen LogP contribution >= 0.6 is 63.7 Å². The molecule has 0 saturated carbocycles. The van der Waals surface area contributed by atoms with Gasteiger partial charge in [0.15, 0.2) is 5.75 Å². The minimum Gasteiger partial charge on any atom is -0.455 e. The molecule has 0 atom stereocenters. The van der Waals surface area contributed by atoms with E-state index >= 15 is 0 Å². The first-order valence-corrected chi connectivity index (χ1v) is 7.82. The van der Waals surface area contributed by atoms with Crippen LogP contribution in [0.25, 0.3) is 0 Å². The van der Waals surface area contributed by atoms with Crippen LogP contribution in [0.4, 0.5) is 0 Å². The van der Waals surface area contributed by atoms with E-state index in [4.69, 9.17) is 4.74 Å². The van der Waals surface area contributed by atoms with Gasteiger partial charge in [-0.05, 0) is 78.1 Å². The summed E-state index contributed by atoms with van der Waals surface area (Å²) in [6.45, 7) is 0. The van der Waals surface area contributed by atoms with Crippen molar-refractivity contribution in [3.8, 4) is 11.5 Å². The van der Waals surface area contributed by atoms with Gasteiger partial charge in [0.2, 0.25) is 0 Å². The van der Waals surface area contributed by atoms with Crippen LogP contribution in [-0.2, 0) is 0 Å². The van der Waals surface area contributed by atoms with Gasteiger partial charge in [0, 0.05) is 8.95 Å². The summed E-state index contributed by atoms with van der Waals surface area (Å²) in [6.07, 6.45) is 0. The molecule has 0 aliphatic rings. The molecule has 2 aromatic rings. The van der Waals surface area contributed by atoms with Gasteiger partial charge in [0.1, 0.15) is 5.75 Å². The zero-order chi connectivity index (χ0) is 12.4. The molecule has 1 nitrogen and oxygen atoms in total. The minimum absolute atomic E-state index is 0.748. The highest BCUT2D eigenvalue weighted by atomic mass is 79.9. The molecule has 5 heteroatoms. The maximum atomic E-state index is 5.85. The maximum Gasteiger partial charge on any atom is 0.156 e. The molecule has 0 unspecified atom stereocenters. The lowest BCUT2D eigenvalue weighted by atomic mass is 10.3. The highest BCUT2D eigenvalue weighted by Gasteiger charge is 2.11. The predicted molar refractivity (Wildman–Crippen MR) is 83.8 cm³/mol. The van der Waals surface area contributed by atoms with E-state index in [1.807, 2.05) is 36.4 Å². The molecule has 0 N–H and O–H groups in total. The lowest BCUT2D eigenvalue weighted by molar-refractivity contribution is 0.476. The van der Waals surface area contributed by atoms with E-state index in [2.05, 4.69) is 63.7 Å². The molecule has 0 fully saturated rings. The third-order valence-electron chi connectivity index (χ3n) is 2.02. The van der Waals surface area contributed by atoms with Crippen molar-refractivity contribution in [1.29, 1.82) is 0 Å². The Morgan fingerprint density at radius 3 is 2.24 bits per heavy atom. The molecule has 0 spiro atoms. The van der Waals surface area contributed by atoms with Gasteiger partial charge in [-0.2, -0.15) is 0 Å². The number of hydrogen-bond acceptors (Lipinski definition) is 1. The topological polar surface area (TPSA) is 9.23 Å². The molecule has 0 aromatic heterocycles. The third kappa shape index (κ3) is 3.34. The van der Waals surface area contributed by atoms with E-state index in [0.717, 1.165) is 29.4 Å². The Bertz CT molecular complexity index is 554. The summed E-state index contributed by atoms with van der Waals surface area (Å²) >= 11 is 13.8. The van der Waals surface area contributed by atoms with Crippen LogP contribution in [0.3, 0.4) is 0 Å². The average Bonchev–Trinajstić information content (AvgIpc) is 2.30. The fraction of sp³-hybridized carbons (Fsp3) is 0. The molecule has 0 radical (unpaired) electrons. The molecule has 0 bridgehead atoms. The van der Waals surface area contributed by atoms with E-state index < -0.39 is 0 Å². The van der Waals surface area contributed by atoms with Crippen molar-refractivity contribution in [2.45, 2.75) is 0 Å². The molecule has 0 aliphatic carbocycles. The SMILES string of the molecule is Brc1cccc(Oc2c(Br)ccc(Br)c2Br)c1.